The van der Waals surface area contributed by atoms with Crippen LogP contribution in [0.3, 0.4) is 0 Å². The molecule has 0 fully saturated rings. The minimum Gasteiger partial charge on any atom is -0.380 e. The summed E-state index contributed by atoms with van der Waals surface area (Å²) in [5, 5.41) is 0.271. The molecule has 0 radical (unpaired) electrons. The molecule has 5 heteroatoms. The molecule has 0 spiro atoms. The third kappa shape index (κ3) is 3.13. The van der Waals surface area contributed by atoms with Gasteiger partial charge in [0.1, 0.15) is 5.82 Å². The van der Waals surface area contributed by atoms with Crippen molar-refractivity contribution in [3.8, 4) is 0 Å². The minimum atomic E-state index is -0.458. The van der Waals surface area contributed by atoms with Crippen LogP contribution in [0.25, 0.3) is 0 Å². The summed E-state index contributed by atoms with van der Waals surface area (Å²) in [6, 6.07) is 2.83. The third-order valence-electron chi connectivity index (χ3n) is 1.82. The van der Waals surface area contributed by atoms with Gasteiger partial charge in [-0.15, -0.1) is 0 Å². The number of aliphatic imine (C=N–C) groups is 1. The number of carbonyl (C=O) groups excluding carboxylic acids is 1. The lowest BCUT2D eigenvalue weighted by molar-refractivity contribution is 0.181. The van der Waals surface area contributed by atoms with Crippen molar-refractivity contribution >= 4 is 17.7 Å². The van der Waals surface area contributed by atoms with Gasteiger partial charge in [0.15, 0.2) is 0 Å². The molecule has 0 atom stereocenters. The van der Waals surface area contributed by atoms with Crippen LogP contribution < -0.4 is 0 Å². The Hall–Kier alpha value is -1.22. The summed E-state index contributed by atoms with van der Waals surface area (Å²) in [4.78, 5) is 13.2. The van der Waals surface area contributed by atoms with E-state index in [1.807, 2.05) is 0 Å². The van der Waals surface area contributed by atoms with E-state index in [1.54, 1.807) is 6.07 Å². The molecular weight excluding hydrogens is 221 g/mol. The van der Waals surface area contributed by atoms with Crippen molar-refractivity contribution in [3.63, 3.8) is 0 Å². The second-order valence-electron chi connectivity index (χ2n) is 2.88. The zero-order chi connectivity index (χ0) is 11.3. The molecule has 15 heavy (non-hydrogen) atoms. The van der Waals surface area contributed by atoms with Gasteiger partial charge in [0.2, 0.25) is 6.08 Å². The summed E-state index contributed by atoms with van der Waals surface area (Å²) in [5.41, 5.74) is 0.832. The lowest BCUT2D eigenvalue weighted by Gasteiger charge is -2.06. The van der Waals surface area contributed by atoms with E-state index in [9.17, 15) is 9.18 Å². The normalized spacial score (nSPS) is 9.80. The highest BCUT2D eigenvalue weighted by atomic mass is 35.5. The van der Waals surface area contributed by atoms with Crippen molar-refractivity contribution < 1.29 is 13.9 Å². The van der Waals surface area contributed by atoms with Crippen LogP contribution in [0.1, 0.15) is 11.1 Å². The third-order valence-corrected chi connectivity index (χ3v) is 2.15. The average molecular weight is 230 g/mol. The summed E-state index contributed by atoms with van der Waals surface area (Å²) < 4.78 is 18.2. The first-order chi connectivity index (χ1) is 7.19. The highest BCUT2D eigenvalue weighted by molar-refractivity contribution is 6.31. The molecule has 0 unspecified atom stereocenters. The van der Waals surface area contributed by atoms with Crippen LogP contribution >= 0.6 is 11.6 Å². The van der Waals surface area contributed by atoms with Crippen molar-refractivity contribution in [2.45, 2.75) is 13.2 Å². The fourth-order valence-electron chi connectivity index (χ4n) is 1.15. The van der Waals surface area contributed by atoms with Crippen LogP contribution in [0, 0.1) is 5.82 Å². The maximum atomic E-state index is 13.4. The molecular formula is C10H9ClFNO2. The summed E-state index contributed by atoms with van der Waals surface area (Å²) in [6.45, 7) is 0.190. The number of halogens is 2. The lowest BCUT2D eigenvalue weighted by Crippen LogP contribution is -1.96. The Kier molecular flexibility index (Phi) is 4.43. The molecule has 3 nitrogen and oxygen atoms in total. The minimum absolute atomic E-state index is 0.0768. The second-order valence-corrected chi connectivity index (χ2v) is 3.29. The molecule has 1 aromatic rings. The zero-order valence-corrected chi connectivity index (χ0v) is 8.84. The van der Waals surface area contributed by atoms with Crippen LogP contribution in [0.2, 0.25) is 5.02 Å². The number of hydrogen-bond acceptors (Lipinski definition) is 3. The van der Waals surface area contributed by atoms with Crippen LogP contribution in [-0.2, 0) is 22.7 Å². The fraction of sp³-hybridized carbons (Fsp3) is 0.300. The predicted octanol–water partition coefficient (Wildman–Crippen LogP) is 2.46. The van der Waals surface area contributed by atoms with Gasteiger partial charge in [-0.25, -0.2) is 14.2 Å². The molecule has 0 heterocycles. The van der Waals surface area contributed by atoms with E-state index >= 15 is 0 Å². The van der Waals surface area contributed by atoms with Gasteiger partial charge < -0.3 is 4.74 Å². The molecule has 0 saturated carbocycles. The van der Waals surface area contributed by atoms with Crippen molar-refractivity contribution in [1.29, 1.82) is 0 Å². The maximum absolute atomic E-state index is 13.4. The molecule has 0 aliphatic carbocycles. The monoisotopic (exact) mass is 229 g/mol. The number of isocyanates is 1. The van der Waals surface area contributed by atoms with Gasteiger partial charge in [-0.3, -0.25) is 0 Å². The quantitative estimate of drug-likeness (QED) is 0.588. The Balaban J connectivity index is 3.01. The summed E-state index contributed by atoms with van der Waals surface area (Å²) in [7, 11) is 1.46. The van der Waals surface area contributed by atoms with E-state index in [1.165, 1.54) is 19.3 Å². The van der Waals surface area contributed by atoms with E-state index in [0.717, 1.165) is 0 Å². The first kappa shape index (κ1) is 11.9. The van der Waals surface area contributed by atoms with E-state index in [2.05, 4.69) is 4.99 Å². The number of hydrogen-bond donors (Lipinski definition) is 0. The molecule has 1 rings (SSSR count). The molecule has 0 saturated heterocycles. The molecule has 0 aliphatic heterocycles. The van der Waals surface area contributed by atoms with Crippen molar-refractivity contribution in [2.24, 2.45) is 4.99 Å². The van der Waals surface area contributed by atoms with Crippen LogP contribution in [0.4, 0.5) is 4.39 Å². The SMILES string of the molecule is COCc1c(F)cc(CN=C=O)cc1Cl. The first-order valence-electron chi connectivity index (χ1n) is 4.18. The van der Waals surface area contributed by atoms with E-state index in [4.69, 9.17) is 16.3 Å². The Morgan fingerprint density at radius 2 is 2.33 bits per heavy atom. The predicted molar refractivity (Wildman–Crippen MR) is 53.9 cm³/mol. The number of ether oxygens (including phenoxy) is 1. The highest BCUT2D eigenvalue weighted by Gasteiger charge is 2.09. The summed E-state index contributed by atoms with van der Waals surface area (Å²) in [5.74, 6) is -0.458. The van der Waals surface area contributed by atoms with Gasteiger partial charge in [-0.2, -0.15) is 0 Å². The number of methoxy groups -OCH3 is 1. The number of nitrogens with zero attached hydrogens (tertiary/aromatic N) is 1. The molecule has 1 aromatic carbocycles. The van der Waals surface area contributed by atoms with Crippen LogP contribution in [-0.4, -0.2) is 13.2 Å². The van der Waals surface area contributed by atoms with Gasteiger partial charge in [0, 0.05) is 17.7 Å². The van der Waals surface area contributed by atoms with Crippen molar-refractivity contribution in [3.05, 3.63) is 34.1 Å². The Morgan fingerprint density at radius 1 is 1.60 bits per heavy atom. The molecule has 0 aliphatic rings. The highest BCUT2D eigenvalue weighted by Crippen LogP contribution is 2.22. The maximum Gasteiger partial charge on any atom is 0.235 e. The van der Waals surface area contributed by atoms with E-state index in [0.29, 0.717) is 11.1 Å². The number of benzene rings is 1. The summed E-state index contributed by atoms with van der Waals surface area (Å²) in [6.07, 6.45) is 1.38. The lowest BCUT2D eigenvalue weighted by atomic mass is 10.1. The van der Waals surface area contributed by atoms with Gasteiger partial charge in [0.05, 0.1) is 13.2 Å². The van der Waals surface area contributed by atoms with Gasteiger partial charge in [0.25, 0.3) is 0 Å². The Labute approximate surface area is 91.5 Å². The van der Waals surface area contributed by atoms with Crippen LogP contribution in [0.15, 0.2) is 17.1 Å². The zero-order valence-electron chi connectivity index (χ0n) is 8.09. The molecule has 0 amide bonds. The van der Waals surface area contributed by atoms with Crippen molar-refractivity contribution in [1.82, 2.24) is 0 Å². The smallest absolute Gasteiger partial charge is 0.235 e. The average Bonchev–Trinajstić information content (AvgIpc) is 2.20. The van der Waals surface area contributed by atoms with Crippen LogP contribution in [0.5, 0.6) is 0 Å². The van der Waals surface area contributed by atoms with Crippen molar-refractivity contribution in [2.75, 3.05) is 7.11 Å². The first-order valence-corrected chi connectivity index (χ1v) is 4.56. The van der Waals surface area contributed by atoms with Gasteiger partial charge in [-0.05, 0) is 17.7 Å². The Bertz CT molecular complexity index is 379. The second kappa shape index (κ2) is 5.61. The van der Waals surface area contributed by atoms with Gasteiger partial charge in [-0.1, -0.05) is 11.6 Å². The largest absolute Gasteiger partial charge is 0.380 e. The number of rotatable bonds is 4. The van der Waals surface area contributed by atoms with Gasteiger partial charge >= 0.3 is 0 Å². The molecule has 0 N–H and O–H groups in total. The molecule has 80 valence electrons. The van der Waals surface area contributed by atoms with E-state index < -0.39 is 5.82 Å². The standard InChI is InChI=1S/C10H9ClFNO2/c1-15-5-8-9(11)2-7(3-10(8)12)4-13-6-14/h2-3H,4-5H2,1H3. The molecule has 0 aromatic heterocycles. The van der Waals surface area contributed by atoms with E-state index in [-0.39, 0.29) is 18.2 Å². The molecule has 0 bridgehead atoms. The topological polar surface area (TPSA) is 38.7 Å². The Morgan fingerprint density at radius 3 is 2.87 bits per heavy atom. The fourth-order valence-corrected chi connectivity index (χ4v) is 1.44. The summed E-state index contributed by atoms with van der Waals surface area (Å²) >= 11 is 5.83.